The van der Waals surface area contributed by atoms with E-state index in [9.17, 15) is 26.4 Å². The summed E-state index contributed by atoms with van der Waals surface area (Å²) in [6.07, 6.45) is -0.709. The molecule has 1 aliphatic heterocycles. The van der Waals surface area contributed by atoms with E-state index in [-0.39, 0.29) is 30.2 Å². The first-order valence-corrected chi connectivity index (χ1v) is 12.4. The first-order valence-electron chi connectivity index (χ1n) is 10.8. The van der Waals surface area contributed by atoms with Crippen molar-refractivity contribution in [2.24, 2.45) is 0 Å². The fourth-order valence-corrected chi connectivity index (χ4v) is 4.77. The van der Waals surface area contributed by atoms with Crippen LogP contribution in [0.1, 0.15) is 42.1 Å². The largest absolute Gasteiger partial charge is 0.417 e. The van der Waals surface area contributed by atoms with Gasteiger partial charge in [-0.05, 0) is 30.7 Å². The van der Waals surface area contributed by atoms with Crippen molar-refractivity contribution in [3.8, 4) is 0 Å². The Morgan fingerprint density at radius 1 is 1.06 bits per heavy atom. The van der Waals surface area contributed by atoms with Crippen LogP contribution < -0.4 is 9.62 Å². The second kappa shape index (κ2) is 10.4. The number of pyridine rings is 1. The Hall–Kier alpha value is -2.82. The lowest BCUT2D eigenvalue weighted by molar-refractivity contribution is -0.138. The second-order valence-electron chi connectivity index (χ2n) is 7.85. The molecule has 0 spiro atoms. The molecule has 2 aromatic rings. The number of piperazine rings is 1. The van der Waals surface area contributed by atoms with Crippen LogP contribution in [-0.2, 0) is 16.2 Å². The summed E-state index contributed by atoms with van der Waals surface area (Å²) in [5.74, 6) is -0.376. The van der Waals surface area contributed by atoms with Gasteiger partial charge in [0.1, 0.15) is 5.82 Å². The number of unbranched alkanes of at least 4 members (excludes halogenated alkanes) is 2. The van der Waals surface area contributed by atoms with Crippen molar-refractivity contribution in [2.75, 3.05) is 41.6 Å². The van der Waals surface area contributed by atoms with Gasteiger partial charge in [-0.1, -0.05) is 31.9 Å². The Morgan fingerprint density at radius 3 is 2.36 bits per heavy atom. The number of hydrogen-bond acceptors (Lipinski definition) is 5. The molecule has 0 radical (unpaired) electrons. The van der Waals surface area contributed by atoms with Crippen molar-refractivity contribution in [3.05, 3.63) is 53.7 Å². The summed E-state index contributed by atoms with van der Waals surface area (Å²) in [5, 5.41) is 0. The molecule has 2 heterocycles. The first kappa shape index (κ1) is 24.8. The average Bonchev–Trinajstić information content (AvgIpc) is 2.78. The zero-order valence-electron chi connectivity index (χ0n) is 18.3. The highest BCUT2D eigenvalue weighted by Gasteiger charge is 2.36. The summed E-state index contributed by atoms with van der Waals surface area (Å²) < 4.78 is 66.4. The lowest BCUT2D eigenvalue weighted by Gasteiger charge is -2.36. The van der Waals surface area contributed by atoms with Crippen LogP contribution in [0.2, 0.25) is 0 Å². The highest BCUT2D eigenvalue weighted by Crippen LogP contribution is 2.32. The predicted octanol–water partition coefficient (Wildman–Crippen LogP) is 3.99. The molecule has 0 bridgehead atoms. The van der Waals surface area contributed by atoms with Crippen molar-refractivity contribution < 1.29 is 26.4 Å². The third-order valence-electron chi connectivity index (χ3n) is 5.42. The number of nitrogens with zero attached hydrogens (tertiary/aromatic N) is 3. The third-order valence-corrected chi connectivity index (χ3v) is 6.77. The van der Waals surface area contributed by atoms with Crippen molar-refractivity contribution in [2.45, 2.75) is 32.4 Å². The summed E-state index contributed by atoms with van der Waals surface area (Å²) in [4.78, 5) is 20.2. The maximum Gasteiger partial charge on any atom is 0.417 e. The lowest BCUT2D eigenvalue weighted by atomic mass is 10.1. The molecule has 0 aliphatic carbocycles. The van der Waals surface area contributed by atoms with E-state index in [2.05, 4.69) is 9.71 Å². The fourth-order valence-electron chi connectivity index (χ4n) is 3.64. The van der Waals surface area contributed by atoms with E-state index in [0.717, 1.165) is 24.6 Å². The summed E-state index contributed by atoms with van der Waals surface area (Å²) in [6.45, 7) is 3.36. The summed E-state index contributed by atoms with van der Waals surface area (Å²) >= 11 is 0. The monoisotopic (exact) mass is 484 g/mol. The van der Waals surface area contributed by atoms with E-state index in [4.69, 9.17) is 0 Å². The lowest BCUT2D eigenvalue weighted by Crippen LogP contribution is -2.49. The maximum absolute atomic E-state index is 13.2. The van der Waals surface area contributed by atoms with Gasteiger partial charge in [0, 0.05) is 26.2 Å². The molecule has 0 saturated carbocycles. The van der Waals surface area contributed by atoms with Crippen LogP contribution in [0.5, 0.6) is 0 Å². The molecule has 1 N–H and O–H groups in total. The Morgan fingerprint density at radius 2 is 1.76 bits per heavy atom. The van der Waals surface area contributed by atoms with E-state index < -0.39 is 27.7 Å². The van der Waals surface area contributed by atoms with E-state index >= 15 is 0 Å². The molecule has 1 amide bonds. The molecule has 1 saturated heterocycles. The molecule has 7 nitrogen and oxygen atoms in total. The Balaban J connectivity index is 1.59. The smallest absolute Gasteiger partial charge is 0.367 e. The second-order valence-corrected chi connectivity index (χ2v) is 9.69. The minimum absolute atomic E-state index is 0.0394. The minimum atomic E-state index is -4.60. The number of rotatable bonds is 8. The van der Waals surface area contributed by atoms with Gasteiger partial charge in [-0.25, -0.2) is 13.4 Å². The molecule has 0 atom stereocenters. The van der Waals surface area contributed by atoms with Crippen LogP contribution in [0.25, 0.3) is 0 Å². The van der Waals surface area contributed by atoms with Crippen molar-refractivity contribution >= 4 is 27.4 Å². The number of carbonyl (C=O) groups excluding carboxylic acids is 1. The zero-order chi connectivity index (χ0) is 24.1. The average molecular weight is 485 g/mol. The Labute approximate surface area is 191 Å². The van der Waals surface area contributed by atoms with Crippen molar-refractivity contribution in [1.29, 1.82) is 0 Å². The van der Waals surface area contributed by atoms with Crippen molar-refractivity contribution in [3.63, 3.8) is 0 Å². The van der Waals surface area contributed by atoms with Gasteiger partial charge in [0.2, 0.25) is 10.0 Å². The standard InChI is InChI=1S/C22H27F3N4O3S/c1-2-3-6-15-33(31,32)27-20-10-9-17(16-26-20)28-11-13-29(14-12-28)21(30)18-7-4-5-8-19(18)22(23,24)25/h4-5,7-10,16H,2-3,6,11-15H2,1H3,(H,26,27). The van der Waals surface area contributed by atoms with Gasteiger partial charge in [-0.2, -0.15) is 13.2 Å². The van der Waals surface area contributed by atoms with Crippen LogP contribution >= 0.6 is 0 Å². The Kier molecular flexibility index (Phi) is 7.83. The van der Waals surface area contributed by atoms with Crippen molar-refractivity contribution in [1.82, 2.24) is 9.88 Å². The number of aromatic nitrogens is 1. The molecule has 1 aromatic carbocycles. The molecule has 180 valence electrons. The first-order chi connectivity index (χ1) is 15.6. The number of amides is 1. The Bertz CT molecular complexity index is 1050. The molecule has 1 fully saturated rings. The molecular weight excluding hydrogens is 457 g/mol. The highest BCUT2D eigenvalue weighted by molar-refractivity contribution is 7.92. The zero-order valence-corrected chi connectivity index (χ0v) is 19.1. The minimum Gasteiger partial charge on any atom is -0.367 e. The van der Waals surface area contributed by atoms with Gasteiger partial charge in [-0.15, -0.1) is 0 Å². The molecule has 3 rings (SSSR count). The van der Waals surface area contributed by atoms with Gasteiger partial charge in [0.05, 0.1) is 28.8 Å². The summed E-state index contributed by atoms with van der Waals surface area (Å²) in [6, 6.07) is 8.10. The van der Waals surface area contributed by atoms with E-state index in [1.165, 1.54) is 23.1 Å². The number of alkyl halides is 3. The van der Waals surface area contributed by atoms with Gasteiger partial charge in [0.15, 0.2) is 0 Å². The number of benzene rings is 1. The predicted molar refractivity (Wildman–Crippen MR) is 121 cm³/mol. The van der Waals surface area contributed by atoms with Gasteiger partial charge in [-0.3, -0.25) is 9.52 Å². The fraction of sp³-hybridized carbons (Fsp3) is 0.455. The number of carbonyl (C=O) groups is 1. The number of sulfonamides is 1. The van der Waals surface area contributed by atoms with Crippen LogP contribution in [0.15, 0.2) is 42.6 Å². The quantitative estimate of drug-likeness (QED) is 0.573. The number of halogens is 3. The van der Waals surface area contributed by atoms with E-state index in [0.29, 0.717) is 19.5 Å². The molecule has 33 heavy (non-hydrogen) atoms. The summed E-state index contributed by atoms with van der Waals surface area (Å²) in [7, 11) is -3.45. The molecule has 11 heteroatoms. The topological polar surface area (TPSA) is 82.6 Å². The molecule has 1 aromatic heterocycles. The summed E-state index contributed by atoms with van der Waals surface area (Å²) in [5.41, 5.74) is -0.545. The molecular formula is C22H27F3N4O3S. The van der Waals surface area contributed by atoms with Crippen LogP contribution in [0.3, 0.4) is 0 Å². The van der Waals surface area contributed by atoms with Crippen LogP contribution in [0, 0.1) is 0 Å². The number of anilines is 2. The molecule has 1 aliphatic rings. The van der Waals surface area contributed by atoms with Gasteiger partial charge < -0.3 is 9.80 Å². The van der Waals surface area contributed by atoms with Gasteiger partial charge >= 0.3 is 6.18 Å². The molecule has 0 unspecified atom stereocenters. The van der Waals surface area contributed by atoms with Crippen LogP contribution in [-0.4, -0.2) is 56.1 Å². The number of hydrogen-bond donors (Lipinski definition) is 1. The van der Waals surface area contributed by atoms with Crippen LogP contribution in [0.4, 0.5) is 24.7 Å². The normalized spacial score (nSPS) is 14.9. The van der Waals surface area contributed by atoms with E-state index in [1.807, 2.05) is 11.8 Å². The maximum atomic E-state index is 13.2. The highest BCUT2D eigenvalue weighted by atomic mass is 32.2. The SMILES string of the molecule is CCCCCS(=O)(=O)Nc1ccc(N2CCN(C(=O)c3ccccc3C(F)(F)F)CC2)cn1. The van der Waals surface area contributed by atoms with E-state index in [1.54, 1.807) is 18.3 Å². The van der Waals surface area contributed by atoms with Gasteiger partial charge in [0.25, 0.3) is 5.91 Å². The third kappa shape index (κ3) is 6.59. The number of nitrogens with one attached hydrogen (secondary N) is 1.